The second-order valence-electron chi connectivity index (χ2n) is 4.63. The van der Waals surface area contributed by atoms with Crippen LogP contribution in [-0.2, 0) is 13.6 Å². The summed E-state index contributed by atoms with van der Waals surface area (Å²) in [4.78, 5) is 22.9. The molecule has 0 aliphatic heterocycles. The highest BCUT2D eigenvalue weighted by molar-refractivity contribution is 5.87. The number of nitro groups is 1. The van der Waals surface area contributed by atoms with Gasteiger partial charge in [0.25, 0.3) is 0 Å². The molecule has 110 valence electrons. The molecule has 8 nitrogen and oxygen atoms in total. The van der Waals surface area contributed by atoms with E-state index in [0.717, 1.165) is 5.56 Å². The predicted octanol–water partition coefficient (Wildman–Crippen LogP) is 1.66. The average molecular weight is 290 g/mol. The van der Waals surface area contributed by atoms with Crippen molar-refractivity contribution in [1.29, 1.82) is 0 Å². The minimum atomic E-state index is -0.990. The van der Waals surface area contributed by atoms with Crippen molar-refractivity contribution >= 4 is 17.5 Å². The van der Waals surface area contributed by atoms with Crippen LogP contribution in [0.4, 0.5) is 11.5 Å². The van der Waals surface area contributed by atoms with Crippen LogP contribution in [0, 0.1) is 10.1 Å². The number of aryl methyl sites for hydroxylation is 1. The topological polar surface area (TPSA) is 102 Å². The molecule has 0 amide bonds. The molecule has 0 radical (unpaired) electrons. The van der Waals surface area contributed by atoms with Crippen LogP contribution in [0.25, 0.3) is 0 Å². The Labute approximate surface area is 120 Å². The van der Waals surface area contributed by atoms with Gasteiger partial charge in [-0.05, 0) is 17.7 Å². The molecule has 0 fully saturated rings. The number of hydrogen-bond donors (Lipinski definition) is 1. The SMILES string of the molecule is CN(Cc1ccc(C(=O)O)cc1)c1nn(C)cc1[N+](=O)[O-]. The number of carboxylic acids is 1. The number of aromatic nitrogens is 2. The molecule has 1 aromatic heterocycles. The molecule has 0 aliphatic rings. The number of anilines is 1. The number of carbonyl (C=O) groups is 1. The highest BCUT2D eigenvalue weighted by Crippen LogP contribution is 2.25. The lowest BCUT2D eigenvalue weighted by Crippen LogP contribution is -2.18. The van der Waals surface area contributed by atoms with Crippen molar-refractivity contribution < 1.29 is 14.8 Å². The van der Waals surface area contributed by atoms with Gasteiger partial charge in [0.15, 0.2) is 0 Å². The lowest BCUT2D eigenvalue weighted by atomic mass is 10.1. The molecule has 0 saturated heterocycles. The van der Waals surface area contributed by atoms with Crippen molar-refractivity contribution in [2.24, 2.45) is 7.05 Å². The van der Waals surface area contributed by atoms with Crippen LogP contribution in [-0.4, -0.2) is 32.8 Å². The van der Waals surface area contributed by atoms with Crippen LogP contribution < -0.4 is 4.90 Å². The summed E-state index contributed by atoms with van der Waals surface area (Å²) in [5.74, 6) is -0.722. The van der Waals surface area contributed by atoms with Crippen molar-refractivity contribution in [2.75, 3.05) is 11.9 Å². The Bertz CT molecular complexity index is 678. The van der Waals surface area contributed by atoms with Crippen LogP contribution >= 0.6 is 0 Å². The third-order valence-electron chi connectivity index (χ3n) is 2.97. The van der Waals surface area contributed by atoms with Crippen LogP contribution in [0.2, 0.25) is 0 Å². The maximum Gasteiger partial charge on any atom is 0.335 e. The minimum Gasteiger partial charge on any atom is -0.478 e. The quantitative estimate of drug-likeness (QED) is 0.663. The van der Waals surface area contributed by atoms with Crippen molar-refractivity contribution in [3.8, 4) is 0 Å². The summed E-state index contributed by atoms with van der Waals surface area (Å²) < 4.78 is 1.39. The van der Waals surface area contributed by atoms with E-state index in [4.69, 9.17) is 5.11 Å². The molecule has 0 unspecified atom stereocenters. The first-order valence-corrected chi connectivity index (χ1v) is 6.10. The molecule has 2 aromatic rings. The standard InChI is InChI=1S/C13H14N4O4/c1-15(12-11(17(20)21)8-16(2)14-12)7-9-3-5-10(6-4-9)13(18)19/h3-6,8H,7H2,1-2H3,(H,18,19). The van der Waals surface area contributed by atoms with Crippen LogP contribution in [0.15, 0.2) is 30.5 Å². The number of aromatic carboxylic acids is 1. The van der Waals surface area contributed by atoms with Gasteiger partial charge in [-0.15, -0.1) is 5.10 Å². The zero-order chi connectivity index (χ0) is 15.6. The molecule has 1 N–H and O–H groups in total. The first-order chi connectivity index (χ1) is 9.88. The van der Waals surface area contributed by atoms with E-state index in [2.05, 4.69) is 5.10 Å². The third kappa shape index (κ3) is 3.16. The lowest BCUT2D eigenvalue weighted by molar-refractivity contribution is -0.384. The summed E-state index contributed by atoms with van der Waals surface area (Å²) in [6, 6.07) is 6.35. The molecule has 0 bridgehead atoms. The normalized spacial score (nSPS) is 10.4. The number of nitrogens with zero attached hydrogens (tertiary/aromatic N) is 4. The minimum absolute atomic E-state index is 0.0674. The number of carboxylic acid groups (broad SMARTS) is 1. The first-order valence-electron chi connectivity index (χ1n) is 6.10. The van der Waals surface area contributed by atoms with Gasteiger partial charge >= 0.3 is 11.7 Å². The summed E-state index contributed by atoms with van der Waals surface area (Å²) >= 11 is 0. The molecule has 21 heavy (non-hydrogen) atoms. The zero-order valence-electron chi connectivity index (χ0n) is 11.6. The van der Waals surface area contributed by atoms with Crippen LogP contribution in [0.1, 0.15) is 15.9 Å². The Balaban J connectivity index is 2.19. The molecular weight excluding hydrogens is 276 g/mol. The Morgan fingerprint density at radius 2 is 2.05 bits per heavy atom. The molecule has 1 heterocycles. The van der Waals surface area contributed by atoms with E-state index in [0.29, 0.717) is 6.54 Å². The van der Waals surface area contributed by atoms with Crippen LogP contribution in [0.3, 0.4) is 0 Å². The number of benzene rings is 1. The fraction of sp³-hybridized carbons (Fsp3) is 0.231. The van der Waals surface area contributed by atoms with E-state index in [9.17, 15) is 14.9 Å². The van der Waals surface area contributed by atoms with E-state index < -0.39 is 10.9 Å². The molecule has 1 aromatic carbocycles. The number of hydrogen-bond acceptors (Lipinski definition) is 5. The monoisotopic (exact) mass is 290 g/mol. The highest BCUT2D eigenvalue weighted by atomic mass is 16.6. The van der Waals surface area contributed by atoms with Gasteiger partial charge in [-0.1, -0.05) is 12.1 Å². The van der Waals surface area contributed by atoms with Gasteiger partial charge in [-0.2, -0.15) is 0 Å². The van der Waals surface area contributed by atoms with Crippen molar-refractivity contribution in [3.05, 3.63) is 51.7 Å². The lowest BCUT2D eigenvalue weighted by Gasteiger charge is -2.15. The Morgan fingerprint density at radius 3 is 2.57 bits per heavy atom. The van der Waals surface area contributed by atoms with E-state index >= 15 is 0 Å². The van der Waals surface area contributed by atoms with Gasteiger partial charge in [-0.3, -0.25) is 14.8 Å². The molecule has 0 spiro atoms. The largest absolute Gasteiger partial charge is 0.478 e. The van der Waals surface area contributed by atoms with E-state index in [1.165, 1.54) is 23.0 Å². The van der Waals surface area contributed by atoms with Crippen molar-refractivity contribution in [3.63, 3.8) is 0 Å². The highest BCUT2D eigenvalue weighted by Gasteiger charge is 2.21. The molecule has 8 heteroatoms. The molecule has 0 atom stereocenters. The zero-order valence-corrected chi connectivity index (χ0v) is 11.6. The Hall–Kier alpha value is -2.90. The molecule has 0 saturated carbocycles. The van der Waals surface area contributed by atoms with Crippen molar-refractivity contribution in [2.45, 2.75) is 6.54 Å². The van der Waals surface area contributed by atoms with Gasteiger partial charge in [-0.25, -0.2) is 4.79 Å². The second-order valence-corrected chi connectivity index (χ2v) is 4.63. The van der Waals surface area contributed by atoms with E-state index in [1.54, 1.807) is 31.1 Å². The summed E-state index contributed by atoms with van der Waals surface area (Å²) in [7, 11) is 3.31. The van der Waals surface area contributed by atoms with Gasteiger partial charge < -0.3 is 10.0 Å². The average Bonchev–Trinajstić information content (AvgIpc) is 2.82. The Morgan fingerprint density at radius 1 is 1.43 bits per heavy atom. The predicted molar refractivity (Wildman–Crippen MR) is 75.4 cm³/mol. The second kappa shape index (κ2) is 5.61. The first kappa shape index (κ1) is 14.5. The van der Waals surface area contributed by atoms with Gasteiger partial charge in [0.05, 0.1) is 10.5 Å². The fourth-order valence-corrected chi connectivity index (χ4v) is 1.97. The van der Waals surface area contributed by atoms with E-state index in [-0.39, 0.29) is 17.1 Å². The van der Waals surface area contributed by atoms with E-state index in [1.807, 2.05) is 0 Å². The summed E-state index contributed by atoms with van der Waals surface area (Å²) in [5, 5.41) is 23.9. The molecular formula is C13H14N4O4. The van der Waals surface area contributed by atoms with Crippen LogP contribution in [0.5, 0.6) is 0 Å². The Kier molecular flexibility index (Phi) is 3.88. The summed E-state index contributed by atoms with van der Waals surface area (Å²) in [5.41, 5.74) is 0.967. The maximum atomic E-state index is 11.0. The summed E-state index contributed by atoms with van der Waals surface area (Å²) in [6.07, 6.45) is 1.35. The molecule has 2 rings (SSSR count). The van der Waals surface area contributed by atoms with Gasteiger partial charge in [0.2, 0.25) is 5.82 Å². The fourth-order valence-electron chi connectivity index (χ4n) is 1.97. The smallest absolute Gasteiger partial charge is 0.335 e. The molecule has 0 aliphatic carbocycles. The third-order valence-corrected chi connectivity index (χ3v) is 2.97. The maximum absolute atomic E-state index is 11.0. The van der Waals surface area contributed by atoms with Gasteiger partial charge in [0.1, 0.15) is 6.20 Å². The van der Waals surface area contributed by atoms with Crippen molar-refractivity contribution in [1.82, 2.24) is 9.78 Å². The van der Waals surface area contributed by atoms with Gasteiger partial charge in [0, 0.05) is 20.6 Å². The number of rotatable bonds is 5. The summed E-state index contributed by atoms with van der Waals surface area (Å²) in [6.45, 7) is 0.387.